The first-order valence-electron chi connectivity index (χ1n) is 6.92. The lowest BCUT2D eigenvalue weighted by atomic mass is 10.1. The maximum absolute atomic E-state index is 12.4. The number of carbonyl (C=O) groups is 2. The van der Waals surface area contributed by atoms with Crippen LogP contribution in [0.15, 0.2) is 18.2 Å². The van der Waals surface area contributed by atoms with E-state index in [0.717, 1.165) is 24.8 Å². The van der Waals surface area contributed by atoms with E-state index in [2.05, 4.69) is 11.4 Å². The Morgan fingerprint density at radius 1 is 1.16 bits per heavy atom. The first-order valence-corrected chi connectivity index (χ1v) is 6.92. The van der Waals surface area contributed by atoms with Gasteiger partial charge >= 0.3 is 0 Å². The van der Waals surface area contributed by atoms with Crippen LogP contribution in [0.2, 0.25) is 0 Å². The van der Waals surface area contributed by atoms with Crippen molar-refractivity contribution in [2.45, 2.75) is 25.7 Å². The number of nitrogens with zero attached hydrogens (tertiary/aromatic N) is 1. The Hall–Kier alpha value is -1.84. The van der Waals surface area contributed by atoms with Gasteiger partial charge in [0.05, 0.1) is 6.54 Å². The molecule has 100 valence electrons. The van der Waals surface area contributed by atoms with Crippen LogP contribution in [-0.2, 0) is 17.6 Å². The summed E-state index contributed by atoms with van der Waals surface area (Å²) >= 11 is 0. The lowest BCUT2D eigenvalue weighted by Gasteiger charge is -2.19. The van der Waals surface area contributed by atoms with Gasteiger partial charge in [-0.15, -0.1) is 0 Å². The molecule has 4 heteroatoms. The molecule has 0 saturated carbocycles. The van der Waals surface area contributed by atoms with Crippen LogP contribution in [0.4, 0.5) is 0 Å². The Kier molecular flexibility index (Phi) is 3.23. The highest BCUT2D eigenvalue weighted by molar-refractivity contribution is 5.97. The van der Waals surface area contributed by atoms with Gasteiger partial charge in [0.2, 0.25) is 5.91 Å². The van der Waals surface area contributed by atoms with Gasteiger partial charge in [-0.2, -0.15) is 0 Å². The van der Waals surface area contributed by atoms with Gasteiger partial charge in [0.25, 0.3) is 5.91 Å². The maximum Gasteiger partial charge on any atom is 0.254 e. The lowest BCUT2D eigenvalue weighted by Crippen LogP contribution is -2.37. The van der Waals surface area contributed by atoms with E-state index in [4.69, 9.17) is 0 Å². The summed E-state index contributed by atoms with van der Waals surface area (Å²) in [7, 11) is 0. The van der Waals surface area contributed by atoms with Crippen molar-refractivity contribution in [1.29, 1.82) is 0 Å². The number of hydrogen-bond acceptors (Lipinski definition) is 2. The summed E-state index contributed by atoms with van der Waals surface area (Å²) in [6, 6.07) is 5.97. The Morgan fingerprint density at radius 3 is 2.89 bits per heavy atom. The number of hydrogen-bond donors (Lipinski definition) is 1. The fourth-order valence-electron chi connectivity index (χ4n) is 2.87. The quantitative estimate of drug-likeness (QED) is 0.821. The lowest BCUT2D eigenvalue weighted by molar-refractivity contribution is -0.121. The zero-order valence-electron chi connectivity index (χ0n) is 10.9. The van der Waals surface area contributed by atoms with Crippen molar-refractivity contribution in [3.63, 3.8) is 0 Å². The molecule has 1 aromatic carbocycles. The molecule has 1 N–H and O–H groups in total. The van der Waals surface area contributed by atoms with Crippen molar-refractivity contribution in [1.82, 2.24) is 10.2 Å². The van der Waals surface area contributed by atoms with Crippen LogP contribution in [0.3, 0.4) is 0 Å². The van der Waals surface area contributed by atoms with Gasteiger partial charge in [0, 0.05) is 18.7 Å². The van der Waals surface area contributed by atoms with Crippen LogP contribution in [0.1, 0.15) is 34.3 Å². The van der Waals surface area contributed by atoms with Crippen LogP contribution >= 0.6 is 0 Å². The first-order chi connectivity index (χ1) is 9.24. The van der Waals surface area contributed by atoms with E-state index in [0.29, 0.717) is 13.1 Å². The highest BCUT2D eigenvalue weighted by Gasteiger charge is 2.22. The number of amides is 2. The summed E-state index contributed by atoms with van der Waals surface area (Å²) in [6.07, 6.45) is 4.19. The van der Waals surface area contributed by atoms with Gasteiger partial charge in [-0.1, -0.05) is 6.07 Å². The topological polar surface area (TPSA) is 49.4 Å². The molecule has 3 rings (SSSR count). The fraction of sp³-hybridized carbons (Fsp3) is 0.467. The molecule has 0 atom stereocenters. The predicted octanol–water partition coefficient (Wildman–Crippen LogP) is 1.14. The van der Waals surface area contributed by atoms with Crippen LogP contribution in [0, 0.1) is 0 Å². The second kappa shape index (κ2) is 5.03. The number of benzene rings is 1. The van der Waals surface area contributed by atoms with Gasteiger partial charge in [0.1, 0.15) is 0 Å². The maximum atomic E-state index is 12.4. The average Bonchev–Trinajstić information content (AvgIpc) is 2.78. The molecule has 2 aliphatic rings. The second-order valence-corrected chi connectivity index (χ2v) is 5.27. The van der Waals surface area contributed by atoms with Crippen molar-refractivity contribution in [2.75, 3.05) is 19.6 Å². The van der Waals surface area contributed by atoms with Gasteiger partial charge in [-0.3, -0.25) is 9.59 Å². The fourth-order valence-corrected chi connectivity index (χ4v) is 2.87. The molecule has 1 fully saturated rings. The SMILES string of the molecule is O=C1CN(C(=O)c2ccc3c(c2)CCC3)CCCN1. The highest BCUT2D eigenvalue weighted by Crippen LogP contribution is 2.23. The van der Waals surface area contributed by atoms with E-state index < -0.39 is 0 Å². The van der Waals surface area contributed by atoms with Crippen molar-refractivity contribution in [3.8, 4) is 0 Å². The third-order valence-electron chi connectivity index (χ3n) is 3.89. The summed E-state index contributed by atoms with van der Waals surface area (Å²) in [5.41, 5.74) is 3.38. The van der Waals surface area contributed by atoms with Crippen LogP contribution in [-0.4, -0.2) is 36.3 Å². The number of carbonyl (C=O) groups excluding carboxylic acids is 2. The molecule has 1 saturated heterocycles. The molecule has 1 aliphatic carbocycles. The average molecular weight is 258 g/mol. The smallest absolute Gasteiger partial charge is 0.254 e. The molecule has 0 bridgehead atoms. The van der Waals surface area contributed by atoms with Crippen LogP contribution in [0.5, 0.6) is 0 Å². The molecular weight excluding hydrogens is 240 g/mol. The Bertz CT molecular complexity index is 525. The van der Waals surface area contributed by atoms with E-state index in [1.807, 2.05) is 12.1 Å². The number of fused-ring (bicyclic) bond motifs is 1. The zero-order valence-corrected chi connectivity index (χ0v) is 10.9. The molecule has 2 amide bonds. The summed E-state index contributed by atoms with van der Waals surface area (Å²) in [4.78, 5) is 25.6. The van der Waals surface area contributed by atoms with E-state index in [-0.39, 0.29) is 18.4 Å². The van der Waals surface area contributed by atoms with Crippen molar-refractivity contribution in [2.24, 2.45) is 0 Å². The normalized spacial score (nSPS) is 18.7. The molecule has 4 nitrogen and oxygen atoms in total. The van der Waals surface area contributed by atoms with E-state index >= 15 is 0 Å². The molecule has 0 spiro atoms. The summed E-state index contributed by atoms with van der Waals surface area (Å²) in [6.45, 7) is 1.48. The Balaban J connectivity index is 1.81. The van der Waals surface area contributed by atoms with Crippen molar-refractivity contribution < 1.29 is 9.59 Å². The monoisotopic (exact) mass is 258 g/mol. The number of aryl methyl sites for hydroxylation is 2. The Labute approximate surface area is 112 Å². The molecule has 0 unspecified atom stereocenters. The van der Waals surface area contributed by atoms with Crippen molar-refractivity contribution >= 4 is 11.8 Å². The molecule has 1 heterocycles. The van der Waals surface area contributed by atoms with Crippen molar-refractivity contribution in [3.05, 3.63) is 34.9 Å². The molecular formula is C15H18N2O2. The highest BCUT2D eigenvalue weighted by atomic mass is 16.2. The minimum Gasteiger partial charge on any atom is -0.354 e. The third-order valence-corrected chi connectivity index (χ3v) is 3.89. The van der Waals surface area contributed by atoms with Gasteiger partial charge < -0.3 is 10.2 Å². The number of nitrogens with one attached hydrogen (secondary N) is 1. The molecule has 0 radical (unpaired) electrons. The van der Waals surface area contributed by atoms with Crippen LogP contribution in [0.25, 0.3) is 0 Å². The van der Waals surface area contributed by atoms with Gasteiger partial charge in [0.15, 0.2) is 0 Å². The zero-order chi connectivity index (χ0) is 13.2. The molecule has 19 heavy (non-hydrogen) atoms. The van der Waals surface area contributed by atoms with Crippen LogP contribution < -0.4 is 5.32 Å². The largest absolute Gasteiger partial charge is 0.354 e. The summed E-state index contributed by atoms with van der Waals surface area (Å²) in [5, 5.41) is 2.79. The minimum absolute atomic E-state index is 0.0215. The van der Waals surface area contributed by atoms with E-state index in [1.165, 1.54) is 17.5 Å². The first kappa shape index (κ1) is 12.2. The molecule has 0 aromatic heterocycles. The predicted molar refractivity (Wildman–Crippen MR) is 72.0 cm³/mol. The minimum atomic E-state index is -0.0630. The molecule has 1 aliphatic heterocycles. The standard InChI is InChI=1S/C15H18N2O2/c18-14-10-17(8-2-7-16-14)15(19)13-6-5-11-3-1-4-12(11)9-13/h5-6,9H,1-4,7-8,10H2,(H,16,18). The van der Waals surface area contributed by atoms with Gasteiger partial charge in [-0.05, 0) is 48.9 Å². The Morgan fingerprint density at radius 2 is 2.00 bits per heavy atom. The number of rotatable bonds is 1. The second-order valence-electron chi connectivity index (χ2n) is 5.27. The van der Waals surface area contributed by atoms with Gasteiger partial charge in [-0.25, -0.2) is 0 Å². The summed E-state index contributed by atoms with van der Waals surface area (Å²) in [5.74, 6) is -0.0845. The van der Waals surface area contributed by atoms with E-state index in [1.54, 1.807) is 4.90 Å². The third kappa shape index (κ3) is 2.48. The molecule has 1 aromatic rings. The summed E-state index contributed by atoms with van der Waals surface area (Å²) < 4.78 is 0. The van der Waals surface area contributed by atoms with E-state index in [9.17, 15) is 9.59 Å².